The lowest BCUT2D eigenvalue weighted by molar-refractivity contribution is -0.122. The maximum absolute atomic E-state index is 13.7. The van der Waals surface area contributed by atoms with E-state index in [1.807, 2.05) is 0 Å². The third-order valence-corrected chi connectivity index (χ3v) is 4.04. The molecule has 5 nitrogen and oxygen atoms in total. The summed E-state index contributed by atoms with van der Waals surface area (Å²) in [5, 5.41) is 2.37. The van der Waals surface area contributed by atoms with Crippen molar-refractivity contribution in [3.63, 3.8) is 0 Å². The van der Waals surface area contributed by atoms with Gasteiger partial charge in [0.25, 0.3) is 11.8 Å². The van der Waals surface area contributed by atoms with Crippen LogP contribution in [0.4, 0.5) is 24.5 Å². The van der Waals surface area contributed by atoms with Gasteiger partial charge in [0.1, 0.15) is 29.6 Å². The van der Waals surface area contributed by atoms with Crippen LogP contribution in [0.15, 0.2) is 30.3 Å². The number of anilines is 2. The molecule has 136 valence electrons. The fourth-order valence-electron chi connectivity index (χ4n) is 2.87. The lowest BCUT2D eigenvalue weighted by atomic mass is 10.1. The number of amides is 2. The van der Waals surface area contributed by atoms with E-state index in [-0.39, 0.29) is 18.2 Å². The van der Waals surface area contributed by atoms with E-state index in [0.717, 1.165) is 5.56 Å². The van der Waals surface area contributed by atoms with Crippen molar-refractivity contribution in [1.29, 1.82) is 0 Å². The molecule has 0 unspecified atom stereocenters. The lowest BCUT2D eigenvalue weighted by Crippen LogP contribution is -2.32. The van der Waals surface area contributed by atoms with E-state index >= 15 is 0 Å². The predicted molar refractivity (Wildman–Crippen MR) is 88.6 cm³/mol. The summed E-state index contributed by atoms with van der Waals surface area (Å²) in [5.41, 5.74) is 0.893. The van der Waals surface area contributed by atoms with E-state index in [0.29, 0.717) is 30.8 Å². The first-order valence-corrected chi connectivity index (χ1v) is 7.79. The Hall–Kier alpha value is -2.87. The number of fused-ring (bicyclic) bond motifs is 1. The Balaban J connectivity index is 1.85. The Morgan fingerprint density at radius 3 is 2.50 bits per heavy atom. The van der Waals surface area contributed by atoms with Crippen LogP contribution in [-0.4, -0.2) is 32.1 Å². The molecule has 2 aromatic rings. The molecular weight excluding hydrogens is 349 g/mol. The molecule has 0 atom stereocenters. The maximum Gasteiger partial charge on any atom is 0.261 e. The quantitative estimate of drug-likeness (QED) is 0.908. The van der Waals surface area contributed by atoms with Crippen molar-refractivity contribution in [2.24, 2.45) is 0 Å². The highest BCUT2D eigenvalue weighted by Gasteiger charge is 2.25. The van der Waals surface area contributed by atoms with Crippen molar-refractivity contribution in [2.75, 3.05) is 30.5 Å². The van der Waals surface area contributed by atoms with E-state index in [1.165, 1.54) is 12.0 Å². The van der Waals surface area contributed by atoms with Crippen LogP contribution in [0.5, 0.6) is 0 Å². The van der Waals surface area contributed by atoms with Gasteiger partial charge in [-0.05, 0) is 24.1 Å². The van der Waals surface area contributed by atoms with Crippen LogP contribution in [0.1, 0.15) is 15.9 Å². The van der Waals surface area contributed by atoms with Crippen LogP contribution in [0.3, 0.4) is 0 Å². The number of nitrogens with zero attached hydrogens (tertiary/aromatic N) is 1. The molecule has 2 aromatic carbocycles. The molecule has 0 bridgehead atoms. The fourth-order valence-corrected chi connectivity index (χ4v) is 2.87. The standard InChI is InChI=1S/C18H15F3N2O3/c1-26-9-16(24)23-5-4-10-2-3-12(8-15(10)23)22-18(25)17-13(20)6-11(19)7-14(17)21/h2-3,6-8H,4-5,9H2,1H3,(H,22,25). The molecule has 2 amide bonds. The lowest BCUT2D eigenvalue weighted by Gasteiger charge is -2.17. The molecule has 0 aliphatic carbocycles. The molecule has 26 heavy (non-hydrogen) atoms. The van der Waals surface area contributed by atoms with Crippen molar-refractivity contribution in [3.8, 4) is 0 Å². The molecule has 1 aliphatic rings. The summed E-state index contributed by atoms with van der Waals surface area (Å²) in [5.74, 6) is -4.98. The molecule has 0 spiro atoms. The summed E-state index contributed by atoms with van der Waals surface area (Å²) >= 11 is 0. The van der Waals surface area contributed by atoms with Crippen molar-refractivity contribution < 1.29 is 27.5 Å². The van der Waals surface area contributed by atoms with Gasteiger partial charge in [-0.25, -0.2) is 13.2 Å². The van der Waals surface area contributed by atoms with E-state index in [4.69, 9.17) is 4.74 Å². The van der Waals surface area contributed by atoms with E-state index in [9.17, 15) is 22.8 Å². The van der Waals surface area contributed by atoms with Crippen LogP contribution in [0, 0.1) is 17.5 Å². The van der Waals surface area contributed by atoms with E-state index in [1.54, 1.807) is 18.2 Å². The number of carbonyl (C=O) groups excluding carboxylic acids is 2. The average Bonchev–Trinajstić information content (AvgIpc) is 2.97. The zero-order valence-electron chi connectivity index (χ0n) is 13.8. The van der Waals surface area contributed by atoms with Gasteiger partial charge in [0.05, 0.1) is 0 Å². The molecular formula is C18H15F3N2O3. The second kappa shape index (κ2) is 7.17. The molecule has 3 rings (SSSR count). The summed E-state index contributed by atoms with van der Waals surface area (Å²) in [7, 11) is 1.41. The summed E-state index contributed by atoms with van der Waals surface area (Å²) in [4.78, 5) is 25.8. The number of hydrogen-bond donors (Lipinski definition) is 1. The number of rotatable bonds is 4. The second-order valence-electron chi connectivity index (χ2n) is 5.77. The second-order valence-corrected chi connectivity index (χ2v) is 5.77. The zero-order chi connectivity index (χ0) is 18.8. The van der Waals surface area contributed by atoms with Crippen molar-refractivity contribution in [3.05, 3.63) is 58.9 Å². The fraction of sp³-hybridized carbons (Fsp3) is 0.222. The topological polar surface area (TPSA) is 58.6 Å². The molecule has 0 radical (unpaired) electrons. The number of carbonyl (C=O) groups is 2. The van der Waals surface area contributed by atoms with Gasteiger partial charge in [0, 0.05) is 37.2 Å². The Kier molecular flexibility index (Phi) is 4.94. The third kappa shape index (κ3) is 3.41. The Morgan fingerprint density at radius 2 is 1.85 bits per heavy atom. The number of benzene rings is 2. The van der Waals surface area contributed by atoms with Crippen LogP contribution < -0.4 is 10.2 Å². The first-order valence-electron chi connectivity index (χ1n) is 7.79. The Bertz CT molecular complexity index is 863. The minimum atomic E-state index is -1.29. The molecule has 1 aliphatic heterocycles. The maximum atomic E-state index is 13.7. The molecule has 1 N–H and O–H groups in total. The van der Waals surface area contributed by atoms with E-state index < -0.39 is 28.9 Å². The molecule has 0 saturated carbocycles. The normalized spacial score (nSPS) is 12.8. The number of nitrogens with one attached hydrogen (secondary N) is 1. The van der Waals surface area contributed by atoms with Crippen LogP contribution in [0.2, 0.25) is 0 Å². The molecule has 8 heteroatoms. The summed E-state index contributed by atoms with van der Waals surface area (Å²) in [6.45, 7) is 0.401. The van der Waals surface area contributed by atoms with Gasteiger partial charge in [-0.2, -0.15) is 0 Å². The van der Waals surface area contributed by atoms with Crippen LogP contribution in [0.25, 0.3) is 0 Å². The largest absolute Gasteiger partial charge is 0.375 e. The minimum absolute atomic E-state index is 0.0813. The van der Waals surface area contributed by atoms with Gasteiger partial charge in [-0.15, -0.1) is 0 Å². The summed E-state index contributed by atoms with van der Waals surface area (Å²) < 4.78 is 45.3. The molecule has 0 saturated heterocycles. The van der Waals surface area contributed by atoms with Gasteiger partial charge in [-0.1, -0.05) is 6.07 Å². The summed E-state index contributed by atoms with van der Waals surface area (Å²) in [6, 6.07) is 5.72. The highest BCUT2D eigenvalue weighted by molar-refractivity contribution is 6.05. The Labute approximate surface area is 147 Å². The van der Waals surface area contributed by atoms with E-state index in [2.05, 4.69) is 5.32 Å². The van der Waals surface area contributed by atoms with Crippen molar-refractivity contribution in [2.45, 2.75) is 6.42 Å². The van der Waals surface area contributed by atoms with Gasteiger partial charge in [0.2, 0.25) is 0 Å². The van der Waals surface area contributed by atoms with Gasteiger partial charge in [-0.3, -0.25) is 9.59 Å². The van der Waals surface area contributed by atoms with Crippen molar-refractivity contribution in [1.82, 2.24) is 0 Å². The Morgan fingerprint density at radius 1 is 1.15 bits per heavy atom. The molecule has 1 heterocycles. The number of methoxy groups -OCH3 is 1. The average molecular weight is 364 g/mol. The van der Waals surface area contributed by atoms with Crippen molar-refractivity contribution >= 4 is 23.2 Å². The number of halogens is 3. The monoisotopic (exact) mass is 364 g/mol. The predicted octanol–water partition coefficient (Wildman–Crippen LogP) is 2.89. The first-order chi connectivity index (χ1) is 12.4. The summed E-state index contributed by atoms with van der Waals surface area (Å²) in [6.07, 6.45) is 0.653. The SMILES string of the molecule is COCC(=O)N1CCc2ccc(NC(=O)c3c(F)cc(F)cc3F)cc21. The minimum Gasteiger partial charge on any atom is -0.375 e. The number of ether oxygens (including phenoxy) is 1. The third-order valence-electron chi connectivity index (χ3n) is 4.04. The number of hydrogen-bond acceptors (Lipinski definition) is 3. The smallest absolute Gasteiger partial charge is 0.261 e. The van der Waals surface area contributed by atoms with Crippen LogP contribution >= 0.6 is 0 Å². The van der Waals surface area contributed by atoms with Crippen LogP contribution in [-0.2, 0) is 16.0 Å². The zero-order valence-corrected chi connectivity index (χ0v) is 13.8. The molecule has 0 aromatic heterocycles. The van der Waals surface area contributed by atoms with Gasteiger partial charge < -0.3 is 15.0 Å². The molecule has 0 fully saturated rings. The van der Waals surface area contributed by atoms with Gasteiger partial charge >= 0.3 is 0 Å². The first kappa shape index (κ1) is 17.9. The highest BCUT2D eigenvalue weighted by atomic mass is 19.1. The highest BCUT2D eigenvalue weighted by Crippen LogP contribution is 2.31. The van der Waals surface area contributed by atoms with Gasteiger partial charge in [0.15, 0.2) is 0 Å².